The number of piperazine rings is 1. The van der Waals surface area contributed by atoms with Gasteiger partial charge in [0, 0.05) is 49.9 Å². The summed E-state index contributed by atoms with van der Waals surface area (Å²) in [7, 11) is 2.08. The number of likely N-dealkylation sites (N-methyl/N-ethyl adjacent to an activating group) is 1. The third-order valence-corrected chi connectivity index (χ3v) is 5.70. The number of para-hydroxylation sites is 1. The molecule has 1 aliphatic heterocycles. The molecule has 8 heteroatoms. The number of carbonyl (C=O) groups is 1. The maximum Gasteiger partial charge on any atom is 0.236 e. The van der Waals surface area contributed by atoms with Crippen molar-refractivity contribution in [3.05, 3.63) is 59.7 Å². The number of ether oxygens (including phenoxy) is 1. The molecule has 0 unspecified atom stereocenters. The fraction of sp³-hybridized carbons (Fsp3) is 0.455. The first-order chi connectivity index (χ1) is 14.1. The molecule has 1 saturated carbocycles. The summed E-state index contributed by atoms with van der Waals surface area (Å²) in [6.07, 6.45) is 2.40. The number of carbonyl (C=O) groups excluding carboxylic acids is 1. The molecule has 162 valence electrons. The van der Waals surface area contributed by atoms with Gasteiger partial charge in [-0.1, -0.05) is 18.2 Å². The maximum atomic E-state index is 13.7. The van der Waals surface area contributed by atoms with E-state index < -0.39 is 5.95 Å². The highest BCUT2D eigenvalue weighted by molar-refractivity contribution is 5.85. The van der Waals surface area contributed by atoms with Crippen molar-refractivity contribution < 1.29 is 13.9 Å². The van der Waals surface area contributed by atoms with Crippen LogP contribution in [0.5, 0.6) is 5.75 Å². The van der Waals surface area contributed by atoms with Gasteiger partial charge in [0.05, 0.1) is 6.54 Å². The second-order valence-corrected chi connectivity index (χ2v) is 7.79. The quantitative estimate of drug-likeness (QED) is 0.678. The highest BCUT2D eigenvalue weighted by atomic mass is 35.5. The van der Waals surface area contributed by atoms with Crippen LogP contribution in [-0.2, 0) is 11.4 Å². The Labute approximate surface area is 182 Å². The molecule has 4 rings (SSSR count). The zero-order valence-corrected chi connectivity index (χ0v) is 17.9. The summed E-state index contributed by atoms with van der Waals surface area (Å²) in [4.78, 5) is 20.3. The van der Waals surface area contributed by atoms with E-state index in [0.717, 1.165) is 43.9 Å². The number of nitrogens with one attached hydrogen (secondary N) is 1. The number of hydrogen-bond donors (Lipinski definition) is 1. The molecular formula is C22H28ClFN4O2. The molecule has 1 N–H and O–H groups in total. The molecule has 2 aromatic rings. The smallest absolute Gasteiger partial charge is 0.236 e. The zero-order valence-electron chi connectivity index (χ0n) is 17.1. The number of rotatable bonds is 7. The lowest BCUT2D eigenvalue weighted by Crippen LogP contribution is -2.49. The molecule has 2 heterocycles. The molecule has 2 atom stereocenters. The van der Waals surface area contributed by atoms with Gasteiger partial charge in [0.2, 0.25) is 11.9 Å². The van der Waals surface area contributed by atoms with Gasteiger partial charge < -0.3 is 19.9 Å². The van der Waals surface area contributed by atoms with Crippen LogP contribution < -0.4 is 10.1 Å². The zero-order chi connectivity index (χ0) is 20.2. The molecule has 2 fully saturated rings. The molecule has 2 aliphatic rings. The van der Waals surface area contributed by atoms with Gasteiger partial charge in [-0.2, -0.15) is 4.39 Å². The number of pyridine rings is 1. The highest BCUT2D eigenvalue weighted by Gasteiger charge is 2.40. The molecule has 1 amide bonds. The van der Waals surface area contributed by atoms with Crippen LogP contribution in [0, 0.1) is 5.95 Å². The summed E-state index contributed by atoms with van der Waals surface area (Å²) in [5.41, 5.74) is 1.53. The van der Waals surface area contributed by atoms with Crippen LogP contribution in [0.15, 0.2) is 42.6 Å². The molecule has 6 nitrogen and oxygen atoms in total. The van der Waals surface area contributed by atoms with Crippen molar-refractivity contribution in [2.24, 2.45) is 0 Å². The first-order valence-electron chi connectivity index (χ1n) is 10.1. The van der Waals surface area contributed by atoms with Crippen LogP contribution >= 0.6 is 12.4 Å². The Morgan fingerprint density at radius 3 is 2.73 bits per heavy atom. The topological polar surface area (TPSA) is 57.7 Å². The normalized spacial score (nSPS) is 21.1. The minimum atomic E-state index is -0.502. The number of hydrogen-bond acceptors (Lipinski definition) is 5. The van der Waals surface area contributed by atoms with Crippen LogP contribution in [0.2, 0.25) is 0 Å². The predicted octanol–water partition coefficient (Wildman–Crippen LogP) is 2.44. The van der Waals surface area contributed by atoms with Gasteiger partial charge in [0.1, 0.15) is 12.4 Å². The minimum Gasteiger partial charge on any atom is -0.488 e. The molecule has 1 aliphatic carbocycles. The summed E-state index contributed by atoms with van der Waals surface area (Å²) in [6.45, 7) is 3.97. The van der Waals surface area contributed by atoms with Crippen LogP contribution in [0.3, 0.4) is 0 Å². The van der Waals surface area contributed by atoms with Crippen LogP contribution in [0.1, 0.15) is 23.5 Å². The minimum absolute atomic E-state index is 0. The lowest BCUT2D eigenvalue weighted by molar-refractivity contribution is -0.131. The van der Waals surface area contributed by atoms with Crippen molar-refractivity contribution in [2.45, 2.75) is 25.0 Å². The largest absolute Gasteiger partial charge is 0.488 e. The van der Waals surface area contributed by atoms with E-state index >= 15 is 0 Å². The van der Waals surface area contributed by atoms with Crippen LogP contribution in [0.4, 0.5) is 4.39 Å². The van der Waals surface area contributed by atoms with E-state index in [1.807, 2.05) is 29.2 Å². The summed E-state index contributed by atoms with van der Waals surface area (Å²) in [5.74, 6) is 0.736. The summed E-state index contributed by atoms with van der Waals surface area (Å²) >= 11 is 0. The Hall–Kier alpha value is -2.22. The molecule has 0 bridgehead atoms. The van der Waals surface area contributed by atoms with Gasteiger partial charge >= 0.3 is 0 Å². The maximum absolute atomic E-state index is 13.7. The Morgan fingerprint density at radius 1 is 1.20 bits per heavy atom. The van der Waals surface area contributed by atoms with E-state index in [-0.39, 0.29) is 31.0 Å². The van der Waals surface area contributed by atoms with Gasteiger partial charge in [-0.25, -0.2) is 4.98 Å². The van der Waals surface area contributed by atoms with E-state index in [9.17, 15) is 9.18 Å². The Kier molecular flexibility index (Phi) is 7.64. The highest BCUT2D eigenvalue weighted by Crippen LogP contribution is 2.44. The third-order valence-electron chi connectivity index (χ3n) is 5.70. The Balaban J connectivity index is 0.00000256. The van der Waals surface area contributed by atoms with Crippen molar-refractivity contribution in [3.63, 3.8) is 0 Å². The van der Waals surface area contributed by atoms with Crippen molar-refractivity contribution >= 4 is 18.3 Å². The molecule has 1 saturated heterocycles. The SMILES string of the molecule is CN1CCN(C(=O)CN[C@@H]2C[C@H]2c2ccccc2OCc2cccnc2F)CC1.Cl. The monoisotopic (exact) mass is 434 g/mol. The second kappa shape index (κ2) is 10.2. The van der Waals surface area contributed by atoms with Crippen molar-refractivity contribution in [3.8, 4) is 5.75 Å². The van der Waals surface area contributed by atoms with E-state index in [4.69, 9.17) is 4.74 Å². The summed E-state index contributed by atoms with van der Waals surface area (Å²) in [5, 5.41) is 3.39. The van der Waals surface area contributed by atoms with E-state index in [2.05, 4.69) is 22.2 Å². The van der Waals surface area contributed by atoms with E-state index in [1.165, 1.54) is 6.20 Å². The fourth-order valence-electron chi connectivity index (χ4n) is 3.75. The fourth-order valence-corrected chi connectivity index (χ4v) is 3.75. The third kappa shape index (κ3) is 5.47. The van der Waals surface area contributed by atoms with Crippen LogP contribution in [-0.4, -0.2) is 66.5 Å². The first-order valence-corrected chi connectivity index (χ1v) is 10.1. The molecule has 30 heavy (non-hydrogen) atoms. The Morgan fingerprint density at radius 2 is 1.97 bits per heavy atom. The Bertz CT molecular complexity index is 861. The summed E-state index contributed by atoms with van der Waals surface area (Å²) in [6, 6.07) is 11.5. The van der Waals surface area contributed by atoms with E-state index in [1.54, 1.807) is 12.1 Å². The number of benzene rings is 1. The first kappa shape index (κ1) is 22.5. The average molecular weight is 435 g/mol. The molecular weight excluding hydrogens is 407 g/mol. The van der Waals surface area contributed by atoms with E-state index in [0.29, 0.717) is 18.0 Å². The van der Waals surface area contributed by atoms with Gasteiger partial charge in [-0.3, -0.25) is 4.79 Å². The number of nitrogens with zero attached hydrogens (tertiary/aromatic N) is 3. The standard InChI is InChI=1S/C22H27FN4O2.ClH/c1-26-9-11-27(12-10-26)21(28)14-25-19-13-18(19)17-6-2-3-7-20(17)29-15-16-5-4-8-24-22(16)23;/h2-8,18-19,25H,9-15H2,1H3;1H/t18-,19+;/m0./s1. The van der Waals surface area contributed by atoms with Crippen molar-refractivity contribution in [2.75, 3.05) is 39.8 Å². The average Bonchev–Trinajstić information content (AvgIpc) is 3.52. The number of amides is 1. The van der Waals surface area contributed by atoms with Gasteiger partial charge in [-0.05, 0) is 37.2 Å². The number of aromatic nitrogens is 1. The van der Waals surface area contributed by atoms with Gasteiger partial charge in [0.25, 0.3) is 0 Å². The summed E-state index contributed by atoms with van der Waals surface area (Å²) < 4.78 is 19.6. The van der Waals surface area contributed by atoms with Crippen molar-refractivity contribution in [1.29, 1.82) is 0 Å². The predicted molar refractivity (Wildman–Crippen MR) is 115 cm³/mol. The molecule has 0 radical (unpaired) electrons. The number of halogens is 2. The molecule has 1 aromatic heterocycles. The second-order valence-electron chi connectivity index (χ2n) is 7.79. The molecule has 0 spiro atoms. The van der Waals surface area contributed by atoms with Crippen molar-refractivity contribution in [1.82, 2.24) is 20.1 Å². The lowest BCUT2D eigenvalue weighted by atomic mass is 10.1. The van der Waals surface area contributed by atoms with Gasteiger partial charge in [-0.15, -0.1) is 12.4 Å². The lowest BCUT2D eigenvalue weighted by Gasteiger charge is -2.32. The van der Waals surface area contributed by atoms with Gasteiger partial charge in [0.15, 0.2) is 0 Å². The molecule has 1 aromatic carbocycles. The van der Waals surface area contributed by atoms with Crippen LogP contribution in [0.25, 0.3) is 0 Å².